The van der Waals surface area contributed by atoms with Crippen molar-refractivity contribution >= 4 is 17.6 Å². The van der Waals surface area contributed by atoms with Crippen LogP contribution in [0.25, 0.3) is 6.08 Å². The third kappa shape index (κ3) is 2.74. The lowest BCUT2D eigenvalue weighted by Gasteiger charge is -2.09. The summed E-state index contributed by atoms with van der Waals surface area (Å²) in [5, 5.41) is 9.56. The van der Waals surface area contributed by atoms with Crippen molar-refractivity contribution in [3.63, 3.8) is 0 Å². The van der Waals surface area contributed by atoms with E-state index in [9.17, 15) is 27.9 Å². The van der Waals surface area contributed by atoms with Crippen LogP contribution < -0.4 is 0 Å². The number of benzene rings is 1. The molecule has 0 spiro atoms. The first-order valence-corrected chi connectivity index (χ1v) is 5.94. The Morgan fingerprint density at radius 1 is 1.30 bits per heavy atom. The molecule has 0 saturated heterocycles. The van der Waals surface area contributed by atoms with E-state index in [-0.39, 0.29) is 24.2 Å². The number of hydrogen-bond donors (Lipinski definition) is 1. The van der Waals surface area contributed by atoms with E-state index in [0.29, 0.717) is 5.56 Å². The number of rotatable bonds is 2. The van der Waals surface area contributed by atoms with Crippen molar-refractivity contribution < 1.29 is 27.9 Å². The summed E-state index contributed by atoms with van der Waals surface area (Å²) in [5.74, 6) is -4.52. The van der Waals surface area contributed by atoms with E-state index < -0.39 is 23.7 Å². The first kappa shape index (κ1) is 14.3. The Labute approximate surface area is 112 Å². The lowest BCUT2D eigenvalue weighted by molar-refractivity contribution is -0.176. The van der Waals surface area contributed by atoms with Gasteiger partial charge in [-0.3, -0.25) is 9.59 Å². The predicted octanol–water partition coefficient (Wildman–Crippen LogP) is 2.89. The summed E-state index contributed by atoms with van der Waals surface area (Å²) < 4.78 is 37.0. The average Bonchev–Trinajstić information content (AvgIpc) is 2.72. The van der Waals surface area contributed by atoms with Crippen molar-refractivity contribution in [3.05, 3.63) is 35.4 Å². The number of phenols is 1. The highest BCUT2D eigenvalue weighted by atomic mass is 19.4. The smallest absolute Gasteiger partial charge is 0.450 e. The van der Waals surface area contributed by atoms with Crippen molar-refractivity contribution in [1.29, 1.82) is 0 Å². The minimum absolute atomic E-state index is 0.0709. The predicted molar refractivity (Wildman–Crippen MR) is 64.9 cm³/mol. The zero-order chi connectivity index (χ0) is 14.9. The molecule has 1 unspecified atom stereocenters. The van der Waals surface area contributed by atoms with Crippen molar-refractivity contribution in [2.24, 2.45) is 5.92 Å². The van der Waals surface area contributed by atoms with Crippen LogP contribution in [0.5, 0.6) is 5.75 Å². The molecule has 0 aromatic heterocycles. The fraction of sp³-hybridized carbons (Fsp3) is 0.286. The van der Waals surface area contributed by atoms with Crippen molar-refractivity contribution in [2.45, 2.75) is 19.0 Å². The molecular formula is C14H11F3O3. The highest BCUT2D eigenvalue weighted by Gasteiger charge is 2.48. The van der Waals surface area contributed by atoms with Crippen molar-refractivity contribution in [3.8, 4) is 5.75 Å². The summed E-state index contributed by atoms with van der Waals surface area (Å²) in [6, 6.07) is 6.16. The topological polar surface area (TPSA) is 54.4 Å². The quantitative estimate of drug-likeness (QED) is 0.671. The van der Waals surface area contributed by atoms with Gasteiger partial charge >= 0.3 is 6.18 Å². The van der Waals surface area contributed by atoms with Gasteiger partial charge in [-0.2, -0.15) is 13.2 Å². The van der Waals surface area contributed by atoms with E-state index in [0.717, 1.165) is 0 Å². The second-order valence-corrected chi connectivity index (χ2v) is 4.55. The summed E-state index contributed by atoms with van der Waals surface area (Å²) in [6.45, 7) is 0. The molecule has 1 N–H and O–H groups in total. The number of aromatic hydroxyl groups is 1. The number of carbonyl (C=O) groups is 2. The van der Waals surface area contributed by atoms with Crippen LogP contribution in [0.1, 0.15) is 18.4 Å². The molecular weight excluding hydrogens is 273 g/mol. The molecule has 0 radical (unpaired) electrons. The van der Waals surface area contributed by atoms with Gasteiger partial charge in [0.15, 0.2) is 5.78 Å². The standard InChI is InChI=1S/C14H11F3O3/c15-14(16,17)13(20)10-6-5-9(12(10)19)7-8-3-1-2-4-11(8)18/h1-4,7,10,18H,5-6H2/b9-7+. The van der Waals surface area contributed by atoms with Gasteiger partial charge in [-0.15, -0.1) is 0 Å². The maximum atomic E-state index is 12.3. The van der Waals surface area contributed by atoms with Crippen LogP contribution in [0.15, 0.2) is 29.8 Å². The van der Waals surface area contributed by atoms with Crippen LogP contribution in [-0.4, -0.2) is 22.8 Å². The molecule has 1 aromatic rings. The number of halogens is 3. The fourth-order valence-electron chi connectivity index (χ4n) is 2.17. The average molecular weight is 284 g/mol. The van der Waals surface area contributed by atoms with Crippen LogP contribution in [-0.2, 0) is 9.59 Å². The third-order valence-corrected chi connectivity index (χ3v) is 3.20. The Balaban J connectivity index is 2.25. The van der Waals surface area contributed by atoms with Gasteiger partial charge in [0, 0.05) is 5.56 Å². The van der Waals surface area contributed by atoms with Gasteiger partial charge in [0.05, 0.1) is 5.92 Å². The number of allylic oxidation sites excluding steroid dienone is 1. The van der Waals surface area contributed by atoms with Crippen LogP contribution in [0.4, 0.5) is 13.2 Å². The number of phenolic OH excluding ortho intramolecular Hbond substituents is 1. The van der Waals surface area contributed by atoms with E-state index in [2.05, 4.69) is 0 Å². The maximum Gasteiger partial charge on any atom is 0.450 e. The molecule has 0 bridgehead atoms. The Bertz CT molecular complexity index is 588. The number of alkyl halides is 3. The largest absolute Gasteiger partial charge is 0.507 e. The summed E-state index contributed by atoms with van der Waals surface area (Å²) in [5.41, 5.74) is 0.477. The first-order valence-electron chi connectivity index (χ1n) is 5.94. The number of ketones is 2. The molecule has 1 aliphatic rings. The molecule has 0 amide bonds. The van der Waals surface area contributed by atoms with Gasteiger partial charge in [-0.05, 0) is 30.6 Å². The molecule has 106 valence electrons. The van der Waals surface area contributed by atoms with Gasteiger partial charge in [0.2, 0.25) is 5.78 Å². The molecule has 6 heteroatoms. The molecule has 20 heavy (non-hydrogen) atoms. The highest BCUT2D eigenvalue weighted by Crippen LogP contribution is 2.34. The minimum atomic E-state index is -5.00. The monoisotopic (exact) mass is 284 g/mol. The molecule has 0 heterocycles. The SMILES string of the molecule is O=C1/C(=C/c2ccccc2O)CCC1C(=O)C(F)(F)F. The molecule has 1 fully saturated rings. The van der Waals surface area contributed by atoms with Gasteiger partial charge in [-0.25, -0.2) is 0 Å². The lowest BCUT2D eigenvalue weighted by Crippen LogP contribution is -2.32. The first-order chi connectivity index (χ1) is 9.30. The Morgan fingerprint density at radius 2 is 1.95 bits per heavy atom. The summed E-state index contributed by atoms with van der Waals surface area (Å²) >= 11 is 0. The van der Waals surface area contributed by atoms with Crippen LogP contribution in [0.2, 0.25) is 0 Å². The van der Waals surface area contributed by atoms with Gasteiger partial charge in [0.25, 0.3) is 0 Å². The van der Waals surface area contributed by atoms with Gasteiger partial charge in [0.1, 0.15) is 5.75 Å². The normalized spacial score (nSPS) is 21.4. The molecule has 0 aliphatic heterocycles. The highest BCUT2D eigenvalue weighted by molar-refractivity contribution is 6.15. The fourth-order valence-corrected chi connectivity index (χ4v) is 2.17. The zero-order valence-electron chi connectivity index (χ0n) is 10.3. The number of carbonyl (C=O) groups excluding carboxylic acids is 2. The Hall–Kier alpha value is -2.11. The van der Waals surface area contributed by atoms with Crippen LogP contribution >= 0.6 is 0 Å². The summed E-state index contributed by atoms with van der Waals surface area (Å²) in [7, 11) is 0. The van der Waals surface area contributed by atoms with Crippen molar-refractivity contribution in [1.82, 2.24) is 0 Å². The maximum absolute atomic E-state index is 12.3. The second-order valence-electron chi connectivity index (χ2n) is 4.55. The summed E-state index contributed by atoms with van der Waals surface area (Å²) in [4.78, 5) is 23.0. The number of Topliss-reactive ketones (excluding diaryl/α,β-unsaturated/α-hetero) is 2. The Morgan fingerprint density at radius 3 is 2.55 bits per heavy atom. The van der Waals surface area contributed by atoms with Crippen LogP contribution in [0.3, 0.4) is 0 Å². The molecule has 1 aromatic carbocycles. The molecule has 1 aliphatic carbocycles. The number of hydrogen-bond acceptors (Lipinski definition) is 3. The van der Waals surface area contributed by atoms with E-state index in [1.807, 2.05) is 0 Å². The number of para-hydroxylation sites is 1. The van der Waals surface area contributed by atoms with Crippen molar-refractivity contribution in [2.75, 3.05) is 0 Å². The molecule has 1 saturated carbocycles. The van der Waals surface area contributed by atoms with E-state index >= 15 is 0 Å². The van der Waals surface area contributed by atoms with Crippen LogP contribution in [0, 0.1) is 5.92 Å². The zero-order valence-corrected chi connectivity index (χ0v) is 10.3. The van der Waals surface area contributed by atoms with Gasteiger partial charge < -0.3 is 5.11 Å². The van der Waals surface area contributed by atoms with E-state index in [1.165, 1.54) is 18.2 Å². The third-order valence-electron chi connectivity index (χ3n) is 3.20. The lowest BCUT2D eigenvalue weighted by atomic mass is 10.00. The molecule has 1 atom stereocenters. The van der Waals surface area contributed by atoms with Gasteiger partial charge in [-0.1, -0.05) is 18.2 Å². The summed E-state index contributed by atoms with van der Waals surface area (Å²) in [6.07, 6.45) is -3.71. The van der Waals surface area contributed by atoms with E-state index in [4.69, 9.17) is 0 Å². The molecule has 2 rings (SSSR count). The van der Waals surface area contributed by atoms with E-state index in [1.54, 1.807) is 12.1 Å². The Kier molecular flexibility index (Phi) is 3.65. The minimum Gasteiger partial charge on any atom is -0.507 e. The second kappa shape index (κ2) is 5.11. The molecule has 3 nitrogen and oxygen atoms in total.